The minimum Gasteiger partial charge on any atom is -0.370 e. The van der Waals surface area contributed by atoms with Gasteiger partial charge >= 0.3 is 0 Å². The summed E-state index contributed by atoms with van der Waals surface area (Å²) in [5, 5.41) is 3.40. The predicted molar refractivity (Wildman–Crippen MR) is 89.5 cm³/mol. The molecule has 0 aliphatic rings. The highest BCUT2D eigenvalue weighted by atomic mass is 79.9. The highest BCUT2D eigenvalue weighted by Crippen LogP contribution is 2.18. The van der Waals surface area contributed by atoms with E-state index < -0.39 is 0 Å². The van der Waals surface area contributed by atoms with Gasteiger partial charge < -0.3 is 5.32 Å². The average Bonchev–Trinajstić information content (AvgIpc) is 2.36. The molecule has 0 aliphatic heterocycles. The second-order valence-electron chi connectivity index (χ2n) is 5.32. The molecule has 3 heteroatoms. The van der Waals surface area contributed by atoms with Gasteiger partial charge in [0.25, 0.3) is 0 Å². The molecule has 0 unspecified atom stereocenters. The number of aromatic nitrogens is 1. The summed E-state index contributed by atoms with van der Waals surface area (Å²) >= 11 is 3.47. The van der Waals surface area contributed by atoms with Gasteiger partial charge in [-0.3, -0.25) is 0 Å². The van der Waals surface area contributed by atoms with Crippen molar-refractivity contribution in [2.45, 2.75) is 34.1 Å². The van der Waals surface area contributed by atoms with Crippen LogP contribution in [-0.2, 0) is 6.42 Å². The maximum Gasteiger partial charge on any atom is 0.126 e. The summed E-state index contributed by atoms with van der Waals surface area (Å²) in [6, 6.07) is 8.55. The summed E-state index contributed by atoms with van der Waals surface area (Å²) in [5.41, 5.74) is 6.55. The highest BCUT2D eigenvalue weighted by molar-refractivity contribution is 9.10. The van der Waals surface area contributed by atoms with Gasteiger partial charge in [-0.25, -0.2) is 4.98 Å². The van der Waals surface area contributed by atoms with Gasteiger partial charge in [-0.2, -0.15) is 0 Å². The Labute approximate surface area is 129 Å². The largest absolute Gasteiger partial charge is 0.370 e. The molecule has 1 aromatic carbocycles. The van der Waals surface area contributed by atoms with Gasteiger partial charge in [-0.15, -0.1) is 0 Å². The van der Waals surface area contributed by atoms with Crippen molar-refractivity contribution in [3.63, 3.8) is 0 Å². The van der Waals surface area contributed by atoms with E-state index in [1.807, 2.05) is 19.1 Å². The number of rotatable bonds is 4. The second-order valence-corrected chi connectivity index (χ2v) is 6.17. The molecule has 1 aromatic heterocycles. The molecule has 0 fully saturated rings. The first kappa shape index (κ1) is 15.0. The highest BCUT2D eigenvalue weighted by Gasteiger charge is 2.04. The smallest absolute Gasteiger partial charge is 0.126 e. The normalized spacial score (nSPS) is 10.7. The number of pyridine rings is 1. The van der Waals surface area contributed by atoms with Crippen molar-refractivity contribution in [2.24, 2.45) is 0 Å². The van der Waals surface area contributed by atoms with E-state index >= 15 is 0 Å². The van der Waals surface area contributed by atoms with Crippen molar-refractivity contribution >= 4 is 21.7 Å². The lowest BCUT2D eigenvalue weighted by atomic mass is 9.97. The van der Waals surface area contributed by atoms with Crippen LogP contribution in [0.5, 0.6) is 0 Å². The van der Waals surface area contributed by atoms with Crippen LogP contribution in [-0.4, -0.2) is 11.5 Å². The Hall–Kier alpha value is -1.35. The van der Waals surface area contributed by atoms with E-state index in [4.69, 9.17) is 0 Å². The molecule has 2 rings (SSSR count). The van der Waals surface area contributed by atoms with Crippen LogP contribution in [0.3, 0.4) is 0 Å². The van der Waals surface area contributed by atoms with Gasteiger partial charge in [0.1, 0.15) is 5.82 Å². The fourth-order valence-electron chi connectivity index (χ4n) is 2.56. The molecule has 1 heterocycles. The van der Waals surface area contributed by atoms with Crippen molar-refractivity contribution in [2.75, 3.05) is 11.9 Å². The first-order valence-corrected chi connectivity index (χ1v) is 7.70. The van der Waals surface area contributed by atoms with E-state index in [2.05, 4.69) is 59.1 Å². The minimum atomic E-state index is 0.902. The monoisotopic (exact) mass is 332 g/mol. The van der Waals surface area contributed by atoms with E-state index in [0.29, 0.717) is 0 Å². The van der Waals surface area contributed by atoms with Crippen LogP contribution in [0.1, 0.15) is 27.9 Å². The fourth-order valence-corrected chi connectivity index (χ4v) is 2.78. The third kappa shape index (κ3) is 3.60. The van der Waals surface area contributed by atoms with Crippen molar-refractivity contribution in [3.8, 4) is 0 Å². The van der Waals surface area contributed by atoms with Gasteiger partial charge in [0.15, 0.2) is 0 Å². The number of nitrogens with one attached hydrogen (secondary N) is 1. The van der Waals surface area contributed by atoms with Gasteiger partial charge in [0.2, 0.25) is 0 Å². The number of nitrogens with zero attached hydrogens (tertiary/aromatic N) is 1. The number of anilines is 1. The molecular formula is C17H21BrN2. The lowest BCUT2D eigenvalue weighted by Gasteiger charge is -2.12. The fraction of sp³-hybridized carbons (Fsp3) is 0.353. The molecule has 106 valence electrons. The maximum absolute atomic E-state index is 4.50. The minimum absolute atomic E-state index is 0.902. The zero-order valence-electron chi connectivity index (χ0n) is 12.5. The zero-order chi connectivity index (χ0) is 14.7. The van der Waals surface area contributed by atoms with Crippen molar-refractivity contribution < 1.29 is 0 Å². The van der Waals surface area contributed by atoms with E-state index in [9.17, 15) is 0 Å². The van der Waals surface area contributed by atoms with Crippen LogP contribution in [0.25, 0.3) is 0 Å². The van der Waals surface area contributed by atoms with Gasteiger partial charge in [0, 0.05) is 11.0 Å². The summed E-state index contributed by atoms with van der Waals surface area (Å²) < 4.78 is 1.05. The van der Waals surface area contributed by atoms with Crippen LogP contribution in [0, 0.1) is 27.7 Å². The Morgan fingerprint density at radius 1 is 1.05 bits per heavy atom. The van der Waals surface area contributed by atoms with E-state index in [0.717, 1.165) is 29.0 Å². The number of halogens is 1. The van der Waals surface area contributed by atoms with E-state index in [-0.39, 0.29) is 0 Å². The number of aryl methyl sites for hydroxylation is 4. The summed E-state index contributed by atoms with van der Waals surface area (Å²) in [5.74, 6) is 0.938. The summed E-state index contributed by atoms with van der Waals surface area (Å²) in [6.07, 6.45) is 1.02. The molecule has 20 heavy (non-hydrogen) atoms. The first-order chi connectivity index (χ1) is 9.47. The number of hydrogen-bond acceptors (Lipinski definition) is 2. The Balaban J connectivity index is 2.01. The lowest BCUT2D eigenvalue weighted by Crippen LogP contribution is -2.09. The summed E-state index contributed by atoms with van der Waals surface area (Å²) in [4.78, 5) is 4.50. The van der Waals surface area contributed by atoms with Crippen molar-refractivity contribution in [1.82, 2.24) is 4.98 Å². The maximum atomic E-state index is 4.50. The molecule has 0 bridgehead atoms. The molecule has 0 saturated heterocycles. The molecule has 1 N–H and O–H groups in total. The van der Waals surface area contributed by atoms with Crippen LogP contribution < -0.4 is 5.32 Å². The van der Waals surface area contributed by atoms with Crippen LogP contribution in [0.2, 0.25) is 0 Å². The van der Waals surface area contributed by atoms with Gasteiger partial charge in [0.05, 0.1) is 5.69 Å². The van der Waals surface area contributed by atoms with Crippen LogP contribution >= 0.6 is 15.9 Å². The predicted octanol–water partition coefficient (Wildman–Crippen LogP) is 4.73. The standard InChI is InChI=1S/C17H21BrN2/c1-11-9-12(2)15(13(3)10-11)7-8-19-17-6-5-16(18)14(4)20-17/h5-6,9-10H,7-8H2,1-4H3,(H,19,20). The molecule has 2 aromatic rings. The molecule has 0 atom stereocenters. The zero-order valence-corrected chi connectivity index (χ0v) is 14.1. The molecule has 0 aliphatic carbocycles. The molecular weight excluding hydrogens is 312 g/mol. The Morgan fingerprint density at radius 2 is 1.70 bits per heavy atom. The Bertz CT molecular complexity index is 597. The van der Waals surface area contributed by atoms with Crippen LogP contribution in [0.4, 0.5) is 5.82 Å². The third-order valence-corrected chi connectivity index (χ3v) is 4.38. The summed E-state index contributed by atoms with van der Waals surface area (Å²) in [7, 11) is 0. The molecule has 0 spiro atoms. The Morgan fingerprint density at radius 3 is 2.30 bits per heavy atom. The second kappa shape index (κ2) is 6.40. The molecule has 2 nitrogen and oxygen atoms in total. The van der Waals surface area contributed by atoms with Gasteiger partial charge in [-0.05, 0) is 78.9 Å². The Kier molecular flexibility index (Phi) is 4.81. The van der Waals surface area contributed by atoms with Crippen LogP contribution in [0.15, 0.2) is 28.7 Å². The topological polar surface area (TPSA) is 24.9 Å². The quantitative estimate of drug-likeness (QED) is 0.875. The summed E-state index contributed by atoms with van der Waals surface area (Å²) in [6.45, 7) is 9.44. The SMILES string of the molecule is Cc1cc(C)c(CCNc2ccc(Br)c(C)n2)c(C)c1. The number of hydrogen-bond donors (Lipinski definition) is 1. The number of benzene rings is 1. The van der Waals surface area contributed by atoms with E-state index in [1.54, 1.807) is 0 Å². The molecule has 0 radical (unpaired) electrons. The third-order valence-electron chi connectivity index (χ3n) is 3.54. The lowest BCUT2D eigenvalue weighted by molar-refractivity contribution is 0.973. The van der Waals surface area contributed by atoms with Crippen molar-refractivity contribution in [1.29, 1.82) is 0 Å². The van der Waals surface area contributed by atoms with E-state index in [1.165, 1.54) is 22.3 Å². The average molecular weight is 333 g/mol. The first-order valence-electron chi connectivity index (χ1n) is 6.91. The molecule has 0 amide bonds. The van der Waals surface area contributed by atoms with Crippen molar-refractivity contribution in [3.05, 3.63) is 56.7 Å². The van der Waals surface area contributed by atoms with Gasteiger partial charge in [-0.1, -0.05) is 17.7 Å². The molecule has 0 saturated carbocycles.